The fourth-order valence-corrected chi connectivity index (χ4v) is 1.13. The third-order valence-electron chi connectivity index (χ3n) is 1.84. The Morgan fingerprint density at radius 1 is 1.45 bits per heavy atom. The number of allylic oxidation sites excluding steroid dienone is 4. The van der Waals surface area contributed by atoms with Gasteiger partial charge in [-0.15, -0.1) is 0 Å². The van der Waals surface area contributed by atoms with Crippen LogP contribution in [0.2, 0.25) is 0 Å². The third-order valence-corrected chi connectivity index (χ3v) is 1.84. The molecular weight excluding hydrogens is 136 g/mol. The van der Waals surface area contributed by atoms with E-state index in [0.29, 0.717) is 6.42 Å². The molecule has 0 N–H and O–H groups in total. The molecule has 0 saturated carbocycles. The minimum Gasteiger partial charge on any atom is -0.295 e. The van der Waals surface area contributed by atoms with Crippen molar-refractivity contribution in [1.82, 2.24) is 0 Å². The maximum Gasteiger partial charge on any atom is 0.156 e. The normalized spacial score (nSPS) is 21.2. The largest absolute Gasteiger partial charge is 0.295 e. The zero-order valence-electron chi connectivity index (χ0n) is 6.97. The Balaban J connectivity index is 2.49. The van der Waals surface area contributed by atoms with Gasteiger partial charge in [0.25, 0.3) is 0 Å². The minimum absolute atomic E-state index is 0.263. The van der Waals surface area contributed by atoms with Crippen molar-refractivity contribution in [3.8, 4) is 0 Å². The highest BCUT2D eigenvalue weighted by molar-refractivity contribution is 5.91. The average Bonchev–Trinajstić information content (AvgIpc) is 2.04. The smallest absolute Gasteiger partial charge is 0.156 e. The van der Waals surface area contributed by atoms with E-state index in [4.69, 9.17) is 0 Å². The Morgan fingerprint density at radius 2 is 2.27 bits per heavy atom. The van der Waals surface area contributed by atoms with Crippen LogP contribution in [-0.2, 0) is 4.79 Å². The standard InChI is InChI=1S/C10H14O/c1-2-3-4-9-5-7-10(11)8-6-9/h4-5,7H,2-3,6,8H2,1H3/b9-4+. The topological polar surface area (TPSA) is 17.1 Å². The van der Waals surface area contributed by atoms with Crippen LogP contribution in [0.1, 0.15) is 32.6 Å². The summed E-state index contributed by atoms with van der Waals surface area (Å²) in [4.78, 5) is 10.8. The monoisotopic (exact) mass is 150 g/mol. The second-order valence-corrected chi connectivity index (χ2v) is 2.87. The highest BCUT2D eigenvalue weighted by Crippen LogP contribution is 2.14. The Labute approximate surface area is 67.8 Å². The molecule has 0 aromatic rings. The third kappa shape index (κ3) is 2.71. The highest BCUT2D eigenvalue weighted by atomic mass is 16.1. The number of hydrogen-bond acceptors (Lipinski definition) is 1. The van der Waals surface area contributed by atoms with Gasteiger partial charge in [0.1, 0.15) is 0 Å². The molecule has 11 heavy (non-hydrogen) atoms. The van der Waals surface area contributed by atoms with Crippen molar-refractivity contribution in [3.05, 3.63) is 23.8 Å². The fourth-order valence-electron chi connectivity index (χ4n) is 1.13. The van der Waals surface area contributed by atoms with Crippen LogP contribution in [0.5, 0.6) is 0 Å². The van der Waals surface area contributed by atoms with E-state index in [1.165, 1.54) is 12.0 Å². The molecule has 0 heterocycles. The summed E-state index contributed by atoms with van der Waals surface area (Å²) in [5.41, 5.74) is 1.33. The maximum atomic E-state index is 10.8. The van der Waals surface area contributed by atoms with Gasteiger partial charge in [-0.05, 0) is 18.9 Å². The van der Waals surface area contributed by atoms with Gasteiger partial charge < -0.3 is 0 Å². The van der Waals surface area contributed by atoms with Crippen molar-refractivity contribution in [1.29, 1.82) is 0 Å². The lowest BCUT2D eigenvalue weighted by molar-refractivity contribution is -0.114. The summed E-state index contributed by atoms with van der Waals surface area (Å²) in [7, 11) is 0. The molecule has 0 fully saturated rings. The zero-order valence-corrected chi connectivity index (χ0v) is 6.97. The summed E-state index contributed by atoms with van der Waals surface area (Å²) in [6, 6.07) is 0. The van der Waals surface area contributed by atoms with Crippen LogP contribution >= 0.6 is 0 Å². The van der Waals surface area contributed by atoms with Gasteiger partial charge in [0, 0.05) is 6.42 Å². The molecule has 60 valence electrons. The molecule has 1 aliphatic rings. The lowest BCUT2D eigenvalue weighted by Crippen LogP contribution is -1.98. The Hall–Kier alpha value is -0.850. The van der Waals surface area contributed by atoms with E-state index in [2.05, 4.69) is 13.0 Å². The molecule has 1 heteroatoms. The number of carbonyl (C=O) groups is 1. The lowest BCUT2D eigenvalue weighted by atomic mass is 10.00. The summed E-state index contributed by atoms with van der Waals surface area (Å²) in [5, 5.41) is 0. The molecule has 0 spiro atoms. The quantitative estimate of drug-likeness (QED) is 0.591. The molecule has 1 nitrogen and oxygen atoms in total. The molecule has 0 aromatic carbocycles. The van der Waals surface area contributed by atoms with Crippen LogP contribution in [0.4, 0.5) is 0 Å². The summed E-state index contributed by atoms with van der Waals surface area (Å²) in [6.07, 6.45) is 9.82. The first-order valence-electron chi connectivity index (χ1n) is 4.23. The number of rotatable bonds is 2. The zero-order chi connectivity index (χ0) is 8.10. The molecule has 0 atom stereocenters. The van der Waals surface area contributed by atoms with Crippen molar-refractivity contribution < 1.29 is 4.79 Å². The highest BCUT2D eigenvalue weighted by Gasteiger charge is 2.04. The van der Waals surface area contributed by atoms with Crippen molar-refractivity contribution >= 4 is 5.78 Å². The molecule has 0 radical (unpaired) electrons. The maximum absolute atomic E-state index is 10.8. The molecule has 1 rings (SSSR count). The lowest BCUT2D eigenvalue weighted by Gasteiger charge is -2.05. The molecular formula is C10H14O. The molecule has 0 aliphatic heterocycles. The fraction of sp³-hybridized carbons (Fsp3) is 0.500. The van der Waals surface area contributed by atoms with Gasteiger partial charge in [-0.25, -0.2) is 0 Å². The predicted octanol–water partition coefficient (Wildman–Crippen LogP) is 2.63. The van der Waals surface area contributed by atoms with Gasteiger partial charge in [-0.2, -0.15) is 0 Å². The van der Waals surface area contributed by atoms with Crippen molar-refractivity contribution in [2.75, 3.05) is 0 Å². The molecule has 0 aromatic heterocycles. The number of carbonyl (C=O) groups excluding carboxylic acids is 1. The van der Waals surface area contributed by atoms with Crippen LogP contribution in [0.25, 0.3) is 0 Å². The Morgan fingerprint density at radius 3 is 2.82 bits per heavy atom. The van der Waals surface area contributed by atoms with Gasteiger partial charge in [0.2, 0.25) is 0 Å². The second-order valence-electron chi connectivity index (χ2n) is 2.87. The van der Waals surface area contributed by atoms with Crippen LogP contribution in [-0.4, -0.2) is 5.78 Å². The Kier molecular flexibility index (Phi) is 3.09. The summed E-state index contributed by atoms with van der Waals surface area (Å²) >= 11 is 0. The molecule has 0 amide bonds. The number of ketones is 1. The average molecular weight is 150 g/mol. The Bertz CT molecular complexity index is 199. The SMILES string of the molecule is CCC/C=C1\C=CC(=O)CC1. The van der Waals surface area contributed by atoms with Crippen LogP contribution in [0, 0.1) is 0 Å². The van der Waals surface area contributed by atoms with Crippen LogP contribution in [0.15, 0.2) is 23.8 Å². The van der Waals surface area contributed by atoms with E-state index in [9.17, 15) is 4.79 Å². The van der Waals surface area contributed by atoms with Crippen LogP contribution < -0.4 is 0 Å². The minimum atomic E-state index is 0.263. The van der Waals surface area contributed by atoms with Crippen molar-refractivity contribution in [2.45, 2.75) is 32.6 Å². The van der Waals surface area contributed by atoms with Gasteiger partial charge in [-0.1, -0.05) is 31.1 Å². The first kappa shape index (κ1) is 8.25. The van der Waals surface area contributed by atoms with E-state index in [1.807, 2.05) is 6.08 Å². The molecule has 0 unspecified atom stereocenters. The predicted molar refractivity (Wildman–Crippen MR) is 46.4 cm³/mol. The summed E-state index contributed by atoms with van der Waals surface area (Å²) < 4.78 is 0. The van der Waals surface area contributed by atoms with E-state index in [1.54, 1.807) is 6.08 Å². The molecule has 0 saturated heterocycles. The first-order chi connectivity index (χ1) is 5.33. The van der Waals surface area contributed by atoms with Gasteiger partial charge in [0.05, 0.1) is 0 Å². The molecule has 0 bridgehead atoms. The second kappa shape index (κ2) is 4.12. The van der Waals surface area contributed by atoms with Crippen LogP contribution in [0.3, 0.4) is 0 Å². The molecule has 1 aliphatic carbocycles. The number of unbranched alkanes of at least 4 members (excludes halogenated alkanes) is 1. The van der Waals surface area contributed by atoms with Gasteiger partial charge >= 0.3 is 0 Å². The van der Waals surface area contributed by atoms with E-state index in [0.717, 1.165) is 12.8 Å². The van der Waals surface area contributed by atoms with Crippen molar-refractivity contribution in [3.63, 3.8) is 0 Å². The van der Waals surface area contributed by atoms with E-state index >= 15 is 0 Å². The number of hydrogen-bond donors (Lipinski definition) is 0. The summed E-state index contributed by atoms with van der Waals surface area (Å²) in [5.74, 6) is 0.263. The van der Waals surface area contributed by atoms with Crippen molar-refractivity contribution in [2.24, 2.45) is 0 Å². The van der Waals surface area contributed by atoms with E-state index in [-0.39, 0.29) is 5.78 Å². The summed E-state index contributed by atoms with van der Waals surface area (Å²) in [6.45, 7) is 2.16. The van der Waals surface area contributed by atoms with Gasteiger partial charge in [-0.3, -0.25) is 4.79 Å². The van der Waals surface area contributed by atoms with E-state index < -0.39 is 0 Å². The van der Waals surface area contributed by atoms with Gasteiger partial charge in [0.15, 0.2) is 5.78 Å². The first-order valence-corrected chi connectivity index (χ1v) is 4.23.